The second-order valence-electron chi connectivity index (χ2n) is 2.71. The van der Waals surface area contributed by atoms with E-state index >= 15 is 0 Å². The van der Waals surface area contributed by atoms with Crippen molar-refractivity contribution in [3.8, 4) is 11.8 Å². The molecule has 5 heteroatoms. The quantitative estimate of drug-likeness (QED) is 0.261. The third-order valence-electron chi connectivity index (χ3n) is 1.60. The number of aromatic nitrogens is 1. The molecule has 0 aliphatic rings. The second-order valence-corrected chi connectivity index (χ2v) is 2.71. The highest BCUT2D eigenvalue weighted by atomic mass is 16.2. The molecule has 4 N–H and O–H groups in total. The Morgan fingerprint density at radius 2 is 2.40 bits per heavy atom. The van der Waals surface area contributed by atoms with E-state index in [-0.39, 0.29) is 6.61 Å². The highest BCUT2D eigenvalue weighted by Crippen LogP contribution is 2.00. The first-order chi connectivity index (χ1) is 7.27. The lowest BCUT2D eigenvalue weighted by Crippen LogP contribution is -2.30. The zero-order chi connectivity index (χ0) is 11.1. The van der Waals surface area contributed by atoms with Crippen LogP contribution < -0.4 is 11.3 Å². The number of hydrogen-bond donors (Lipinski definition) is 3. The Morgan fingerprint density at radius 1 is 1.60 bits per heavy atom. The fourth-order valence-corrected chi connectivity index (χ4v) is 0.936. The summed E-state index contributed by atoms with van der Waals surface area (Å²) in [7, 11) is 0. The summed E-state index contributed by atoms with van der Waals surface area (Å²) in [6, 6.07) is 1.58. The molecule has 0 saturated heterocycles. The number of nitrogens with two attached hydrogens (primary N) is 1. The van der Waals surface area contributed by atoms with Crippen LogP contribution in [0.1, 0.15) is 22.3 Å². The van der Waals surface area contributed by atoms with Gasteiger partial charge in [-0.3, -0.25) is 15.2 Å². The first kappa shape index (κ1) is 11.2. The molecule has 1 amide bonds. The van der Waals surface area contributed by atoms with Gasteiger partial charge in [0.05, 0.1) is 12.2 Å². The average molecular weight is 205 g/mol. The summed E-state index contributed by atoms with van der Waals surface area (Å²) in [4.78, 5) is 15.0. The maximum Gasteiger partial charge on any atom is 0.266 e. The molecule has 1 aromatic rings. The van der Waals surface area contributed by atoms with Gasteiger partial charge in [0.2, 0.25) is 0 Å². The zero-order valence-electron chi connectivity index (χ0n) is 8.03. The molecule has 0 saturated carbocycles. The molecule has 0 atom stereocenters. The summed E-state index contributed by atoms with van der Waals surface area (Å²) < 4.78 is 0. The number of aliphatic hydroxyl groups is 1. The number of nitrogen functional groups attached to an aromatic ring is 1. The number of amides is 1. The van der Waals surface area contributed by atoms with Crippen LogP contribution in [-0.2, 0) is 0 Å². The van der Waals surface area contributed by atoms with E-state index in [9.17, 15) is 4.79 Å². The molecule has 0 fully saturated rings. The predicted octanol–water partition coefficient (Wildman–Crippen LogP) is -0.581. The maximum atomic E-state index is 11.1. The van der Waals surface area contributed by atoms with Crippen LogP contribution in [0.25, 0.3) is 0 Å². The molecule has 1 heterocycles. The minimum absolute atomic E-state index is 0.0173. The van der Waals surface area contributed by atoms with E-state index in [1.807, 2.05) is 5.43 Å². The standard InChI is InChI=1S/C10H11N3O2/c11-13-10(15)9-5-8(6-12-7-9)3-1-2-4-14/h5-7,14H,2,4,11H2,(H,13,15). The van der Waals surface area contributed by atoms with Gasteiger partial charge in [0.15, 0.2) is 0 Å². The van der Waals surface area contributed by atoms with E-state index in [2.05, 4.69) is 16.8 Å². The van der Waals surface area contributed by atoms with Gasteiger partial charge in [-0.1, -0.05) is 11.8 Å². The smallest absolute Gasteiger partial charge is 0.266 e. The third-order valence-corrected chi connectivity index (χ3v) is 1.60. The van der Waals surface area contributed by atoms with Gasteiger partial charge < -0.3 is 5.11 Å². The van der Waals surface area contributed by atoms with Crippen LogP contribution in [0, 0.1) is 11.8 Å². The molecule has 0 radical (unpaired) electrons. The van der Waals surface area contributed by atoms with Crippen molar-refractivity contribution in [2.75, 3.05) is 6.61 Å². The molecule has 5 nitrogen and oxygen atoms in total. The largest absolute Gasteiger partial charge is 0.395 e. The number of nitrogens with zero attached hydrogens (tertiary/aromatic N) is 1. The molecule has 1 aromatic heterocycles. The van der Waals surface area contributed by atoms with Crippen molar-refractivity contribution in [1.82, 2.24) is 10.4 Å². The molecule has 0 spiro atoms. The highest BCUT2D eigenvalue weighted by Gasteiger charge is 2.03. The van der Waals surface area contributed by atoms with Crippen LogP contribution in [0.3, 0.4) is 0 Å². The van der Waals surface area contributed by atoms with Gasteiger partial charge in [-0.25, -0.2) is 5.84 Å². The van der Waals surface area contributed by atoms with Gasteiger partial charge in [-0.2, -0.15) is 0 Å². The maximum absolute atomic E-state index is 11.1. The van der Waals surface area contributed by atoms with Crippen molar-refractivity contribution in [3.05, 3.63) is 29.6 Å². The van der Waals surface area contributed by atoms with Gasteiger partial charge in [0.1, 0.15) is 0 Å². The first-order valence-corrected chi connectivity index (χ1v) is 4.33. The van der Waals surface area contributed by atoms with Crippen LogP contribution in [0.5, 0.6) is 0 Å². The summed E-state index contributed by atoms with van der Waals surface area (Å²) in [5, 5.41) is 8.53. The Labute approximate surface area is 87.3 Å². The van der Waals surface area contributed by atoms with Gasteiger partial charge in [0, 0.05) is 24.4 Å². The first-order valence-electron chi connectivity index (χ1n) is 4.33. The number of carbonyl (C=O) groups is 1. The van der Waals surface area contributed by atoms with Gasteiger partial charge in [-0.15, -0.1) is 0 Å². The molecule has 15 heavy (non-hydrogen) atoms. The van der Waals surface area contributed by atoms with Crippen molar-refractivity contribution in [2.24, 2.45) is 5.84 Å². The van der Waals surface area contributed by atoms with Gasteiger partial charge >= 0.3 is 0 Å². The van der Waals surface area contributed by atoms with Crippen molar-refractivity contribution in [3.63, 3.8) is 0 Å². The minimum Gasteiger partial charge on any atom is -0.395 e. The minimum atomic E-state index is -0.409. The number of rotatable bonds is 2. The van der Waals surface area contributed by atoms with Crippen molar-refractivity contribution in [2.45, 2.75) is 6.42 Å². The summed E-state index contributed by atoms with van der Waals surface area (Å²) >= 11 is 0. The number of hydrogen-bond acceptors (Lipinski definition) is 4. The molecule has 1 rings (SSSR count). The Balaban J connectivity index is 2.84. The van der Waals surface area contributed by atoms with E-state index in [0.717, 1.165) is 0 Å². The number of carbonyl (C=O) groups excluding carboxylic acids is 1. The summed E-state index contributed by atoms with van der Waals surface area (Å²) in [5.74, 6) is 10.1. The molecule has 0 unspecified atom stereocenters. The normalized spacial score (nSPS) is 8.93. The second kappa shape index (κ2) is 5.75. The monoisotopic (exact) mass is 205 g/mol. The Bertz CT molecular complexity index is 407. The fraction of sp³-hybridized carbons (Fsp3) is 0.200. The van der Waals surface area contributed by atoms with Crippen molar-refractivity contribution >= 4 is 5.91 Å². The lowest BCUT2D eigenvalue weighted by atomic mass is 10.2. The van der Waals surface area contributed by atoms with Crippen LogP contribution >= 0.6 is 0 Å². The predicted molar refractivity (Wildman–Crippen MR) is 54.5 cm³/mol. The van der Waals surface area contributed by atoms with E-state index < -0.39 is 5.91 Å². The SMILES string of the molecule is NNC(=O)c1cncc(C#CCCO)c1. The molecule has 0 aromatic carbocycles. The Morgan fingerprint density at radius 3 is 3.07 bits per heavy atom. The van der Waals surface area contributed by atoms with Gasteiger partial charge in [0.25, 0.3) is 5.91 Å². The molecule has 78 valence electrons. The van der Waals surface area contributed by atoms with Crippen molar-refractivity contribution in [1.29, 1.82) is 0 Å². The van der Waals surface area contributed by atoms with E-state index in [1.165, 1.54) is 12.4 Å². The average Bonchev–Trinajstić information content (AvgIpc) is 2.29. The molecular weight excluding hydrogens is 194 g/mol. The lowest BCUT2D eigenvalue weighted by molar-refractivity contribution is 0.0953. The zero-order valence-corrected chi connectivity index (χ0v) is 8.03. The number of hydrazine groups is 1. The van der Waals surface area contributed by atoms with Crippen LogP contribution in [0.2, 0.25) is 0 Å². The number of pyridine rings is 1. The molecule has 0 bridgehead atoms. The van der Waals surface area contributed by atoms with Crippen LogP contribution in [0.4, 0.5) is 0 Å². The highest BCUT2D eigenvalue weighted by molar-refractivity contribution is 5.93. The van der Waals surface area contributed by atoms with Crippen molar-refractivity contribution < 1.29 is 9.90 Å². The Hall–Kier alpha value is -1.90. The molecule has 0 aliphatic heterocycles. The summed E-state index contributed by atoms with van der Waals surface area (Å²) in [5.41, 5.74) is 2.98. The Kier molecular flexibility index (Phi) is 4.29. The van der Waals surface area contributed by atoms with Gasteiger partial charge in [-0.05, 0) is 6.07 Å². The van der Waals surface area contributed by atoms with E-state index in [4.69, 9.17) is 10.9 Å². The number of aliphatic hydroxyl groups excluding tert-OH is 1. The molecular formula is C10H11N3O2. The lowest BCUT2D eigenvalue weighted by Gasteiger charge is -1.98. The third kappa shape index (κ3) is 3.38. The van der Waals surface area contributed by atoms with Crippen LogP contribution in [-0.4, -0.2) is 22.6 Å². The topological polar surface area (TPSA) is 88.2 Å². The summed E-state index contributed by atoms with van der Waals surface area (Å²) in [6.07, 6.45) is 3.34. The fourth-order valence-electron chi connectivity index (χ4n) is 0.936. The van der Waals surface area contributed by atoms with E-state index in [0.29, 0.717) is 17.5 Å². The number of nitrogens with one attached hydrogen (secondary N) is 1. The van der Waals surface area contributed by atoms with E-state index in [1.54, 1.807) is 6.07 Å². The molecule has 0 aliphatic carbocycles. The van der Waals surface area contributed by atoms with Crippen LogP contribution in [0.15, 0.2) is 18.5 Å². The summed E-state index contributed by atoms with van der Waals surface area (Å²) in [6.45, 7) is 0.0173.